The predicted octanol–water partition coefficient (Wildman–Crippen LogP) is 4.05. The van der Waals surface area contributed by atoms with Gasteiger partial charge < -0.3 is 5.32 Å². The van der Waals surface area contributed by atoms with Crippen LogP contribution in [-0.2, 0) is 0 Å². The normalized spacial score (nSPS) is 25.2. The van der Waals surface area contributed by atoms with Gasteiger partial charge in [0, 0.05) is 11.4 Å². The lowest BCUT2D eigenvalue weighted by atomic mass is 9.98. The third-order valence-corrected chi connectivity index (χ3v) is 4.99. The fourth-order valence-corrected chi connectivity index (χ4v) is 3.32. The second kappa shape index (κ2) is 5.64. The van der Waals surface area contributed by atoms with E-state index < -0.39 is 0 Å². The summed E-state index contributed by atoms with van der Waals surface area (Å²) in [5.74, 6) is 1.03. The summed E-state index contributed by atoms with van der Waals surface area (Å²) in [5.41, 5.74) is 1.15. The number of amides is 1. The standard InChI is InChI=1S/C17H19ClN2O/c1-10-7-8-14(11(10)2)20-17(21)16-9-13(18)12-5-3-4-6-15(12)19-16/h3-6,9-11,14H,7-8H2,1-2H3,(H,20,21). The summed E-state index contributed by atoms with van der Waals surface area (Å²) in [7, 11) is 0. The van der Waals surface area contributed by atoms with E-state index in [1.807, 2.05) is 24.3 Å². The van der Waals surface area contributed by atoms with E-state index >= 15 is 0 Å². The van der Waals surface area contributed by atoms with Gasteiger partial charge in [-0.05, 0) is 36.8 Å². The fraction of sp³-hybridized carbons (Fsp3) is 0.412. The zero-order valence-electron chi connectivity index (χ0n) is 12.3. The zero-order chi connectivity index (χ0) is 15.0. The molecule has 0 aliphatic heterocycles. The molecule has 1 aliphatic carbocycles. The maximum absolute atomic E-state index is 12.4. The van der Waals surface area contributed by atoms with Gasteiger partial charge in [-0.25, -0.2) is 4.98 Å². The number of pyridine rings is 1. The number of nitrogens with zero attached hydrogens (tertiary/aromatic N) is 1. The van der Waals surface area contributed by atoms with Crippen LogP contribution in [-0.4, -0.2) is 16.9 Å². The van der Waals surface area contributed by atoms with Crippen LogP contribution in [0.2, 0.25) is 5.02 Å². The molecule has 0 saturated heterocycles. The van der Waals surface area contributed by atoms with Gasteiger partial charge in [-0.3, -0.25) is 4.79 Å². The van der Waals surface area contributed by atoms with Crippen molar-refractivity contribution in [1.29, 1.82) is 0 Å². The Kier molecular flexibility index (Phi) is 3.85. The van der Waals surface area contributed by atoms with Crippen LogP contribution in [0.5, 0.6) is 0 Å². The topological polar surface area (TPSA) is 42.0 Å². The van der Waals surface area contributed by atoms with Crippen molar-refractivity contribution in [2.45, 2.75) is 32.7 Å². The highest BCUT2D eigenvalue weighted by Gasteiger charge is 2.31. The highest BCUT2D eigenvalue weighted by atomic mass is 35.5. The minimum atomic E-state index is -0.131. The van der Waals surface area contributed by atoms with Gasteiger partial charge in [0.05, 0.1) is 10.5 Å². The minimum Gasteiger partial charge on any atom is -0.348 e. The van der Waals surface area contributed by atoms with Crippen LogP contribution < -0.4 is 5.32 Å². The van der Waals surface area contributed by atoms with E-state index in [0.717, 1.165) is 23.7 Å². The first kappa shape index (κ1) is 14.3. The first-order valence-electron chi connectivity index (χ1n) is 7.42. The lowest BCUT2D eigenvalue weighted by Gasteiger charge is -2.19. The maximum atomic E-state index is 12.4. The summed E-state index contributed by atoms with van der Waals surface area (Å²) in [5, 5.41) is 4.55. The van der Waals surface area contributed by atoms with E-state index in [2.05, 4.69) is 24.1 Å². The molecule has 1 amide bonds. The molecule has 3 rings (SSSR count). The number of benzene rings is 1. The van der Waals surface area contributed by atoms with Crippen LogP contribution in [0.1, 0.15) is 37.2 Å². The summed E-state index contributed by atoms with van der Waals surface area (Å²) >= 11 is 6.25. The number of hydrogen-bond acceptors (Lipinski definition) is 2. The largest absolute Gasteiger partial charge is 0.348 e. The number of para-hydroxylation sites is 1. The van der Waals surface area contributed by atoms with Gasteiger partial charge in [0.1, 0.15) is 5.69 Å². The summed E-state index contributed by atoms with van der Waals surface area (Å²) in [4.78, 5) is 16.8. The Bertz CT molecular complexity index is 686. The number of carbonyl (C=O) groups excluding carboxylic acids is 1. The van der Waals surface area contributed by atoms with Crippen molar-refractivity contribution in [3.8, 4) is 0 Å². The van der Waals surface area contributed by atoms with Crippen LogP contribution >= 0.6 is 11.6 Å². The Hall–Kier alpha value is -1.61. The quantitative estimate of drug-likeness (QED) is 0.909. The third kappa shape index (κ3) is 2.75. The highest BCUT2D eigenvalue weighted by Crippen LogP contribution is 2.31. The molecule has 0 radical (unpaired) electrons. The molecular formula is C17H19ClN2O. The molecule has 3 atom stereocenters. The van der Waals surface area contributed by atoms with Gasteiger partial charge in [-0.1, -0.05) is 43.6 Å². The molecule has 3 nitrogen and oxygen atoms in total. The molecule has 1 aliphatic rings. The number of carbonyl (C=O) groups is 1. The van der Waals surface area contributed by atoms with Gasteiger partial charge in [-0.2, -0.15) is 0 Å². The molecule has 1 aromatic heterocycles. The van der Waals surface area contributed by atoms with E-state index in [-0.39, 0.29) is 11.9 Å². The summed E-state index contributed by atoms with van der Waals surface area (Å²) in [6.07, 6.45) is 2.20. The van der Waals surface area contributed by atoms with Crippen molar-refractivity contribution < 1.29 is 4.79 Å². The second-order valence-corrected chi connectivity index (χ2v) is 6.41. The van der Waals surface area contributed by atoms with Crippen molar-refractivity contribution in [3.05, 3.63) is 41.0 Å². The molecule has 1 saturated carbocycles. The van der Waals surface area contributed by atoms with Gasteiger partial charge >= 0.3 is 0 Å². The molecule has 0 spiro atoms. The van der Waals surface area contributed by atoms with Gasteiger partial charge in [0.25, 0.3) is 5.91 Å². The Morgan fingerprint density at radius 3 is 2.76 bits per heavy atom. The molecule has 0 bridgehead atoms. The SMILES string of the molecule is CC1CCC(NC(=O)c2cc(Cl)c3ccccc3n2)C1C. The number of halogens is 1. The Morgan fingerprint density at radius 2 is 2.05 bits per heavy atom. The van der Waals surface area contributed by atoms with E-state index in [9.17, 15) is 4.79 Å². The van der Waals surface area contributed by atoms with E-state index in [1.165, 1.54) is 0 Å². The van der Waals surface area contributed by atoms with Crippen LogP contribution in [0, 0.1) is 11.8 Å². The number of nitrogens with one attached hydrogen (secondary N) is 1. The Labute approximate surface area is 129 Å². The fourth-order valence-electron chi connectivity index (χ4n) is 3.06. The summed E-state index contributed by atoms with van der Waals surface area (Å²) < 4.78 is 0. The smallest absolute Gasteiger partial charge is 0.270 e. The lowest BCUT2D eigenvalue weighted by molar-refractivity contribution is 0.0922. The maximum Gasteiger partial charge on any atom is 0.270 e. The average Bonchev–Trinajstić information content (AvgIpc) is 2.79. The molecule has 1 fully saturated rings. The van der Waals surface area contributed by atoms with Crippen molar-refractivity contribution in [3.63, 3.8) is 0 Å². The van der Waals surface area contributed by atoms with Crippen molar-refractivity contribution in [1.82, 2.24) is 10.3 Å². The zero-order valence-corrected chi connectivity index (χ0v) is 13.0. The van der Waals surface area contributed by atoms with Crippen LogP contribution in [0.3, 0.4) is 0 Å². The van der Waals surface area contributed by atoms with Gasteiger partial charge in [0.2, 0.25) is 0 Å². The van der Waals surface area contributed by atoms with E-state index in [4.69, 9.17) is 11.6 Å². The van der Waals surface area contributed by atoms with Crippen LogP contribution in [0.4, 0.5) is 0 Å². The van der Waals surface area contributed by atoms with Gasteiger partial charge in [0.15, 0.2) is 0 Å². The van der Waals surface area contributed by atoms with Crippen molar-refractivity contribution in [2.75, 3.05) is 0 Å². The number of aromatic nitrogens is 1. The lowest BCUT2D eigenvalue weighted by Crippen LogP contribution is -2.37. The number of fused-ring (bicyclic) bond motifs is 1. The molecular weight excluding hydrogens is 284 g/mol. The monoisotopic (exact) mass is 302 g/mol. The predicted molar refractivity (Wildman–Crippen MR) is 85.6 cm³/mol. The molecule has 1 aromatic carbocycles. The Morgan fingerprint density at radius 1 is 1.29 bits per heavy atom. The van der Waals surface area contributed by atoms with E-state index in [1.54, 1.807) is 6.07 Å². The summed E-state index contributed by atoms with van der Waals surface area (Å²) in [6.45, 7) is 4.44. The number of rotatable bonds is 2. The van der Waals surface area contributed by atoms with Crippen LogP contribution in [0.15, 0.2) is 30.3 Å². The number of hydrogen-bond donors (Lipinski definition) is 1. The van der Waals surface area contributed by atoms with Crippen molar-refractivity contribution in [2.24, 2.45) is 11.8 Å². The highest BCUT2D eigenvalue weighted by molar-refractivity contribution is 6.35. The minimum absolute atomic E-state index is 0.131. The summed E-state index contributed by atoms with van der Waals surface area (Å²) in [6, 6.07) is 9.48. The molecule has 1 heterocycles. The first-order chi connectivity index (χ1) is 10.1. The molecule has 3 unspecified atom stereocenters. The van der Waals surface area contributed by atoms with Crippen LogP contribution in [0.25, 0.3) is 10.9 Å². The molecule has 21 heavy (non-hydrogen) atoms. The average molecular weight is 303 g/mol. The Balaban J connectivity index is 1.85. The molecule has 4 heteroatoms. The van der Waals surface area contributed by atoms with Gasteiger partial charge in [-0.15, -0.1) is 0 Å². The van der Waals surface area contributed by atoms with E-state index in [0.29, 0.717) is 22.6 Å². The molecule has 1 N–H and O–H groups in total. The first-order valence-corrected chi connectivity index (χ1v) is 7.80. The molecule has 110 valence electrons. The second-order valence-electron chi connectivity index (χ2n) is 6.00. The van der Waals surface area contributed by atoms with Crippen molar-refractivity contribution >= 4 is 28.4 Å². The third-order valence-electron chi connectivity index (χ3n) is 4.68. The molecule has 2 aromatic rings.